The molecule has 2 bridgehead atoms. The molecular weight excluding hydrogens is 494 g/mol. The number of likely N-dealkylation sites (tertiary alicyclic amines) is 1. The summed E-state index contributed by atoms with van der Waals surface area (Å²) < 4.78 is 12.4. The summed E-state index contributed by atoms with van der Waals surface area (Å²) in [6.07, 6.45) is 9.19. The van der Waals surface area contributed by atoms with Crippen molar-refractivity contribution < 1.29 is 23.9 Å². The largest absolute Gasteiger partial charge is 0.376 e. The van der Waals surface area contributed by atoms with Crippen LogP contribution < -0.4 is 10.6 Å². The van der Waals surface area contributed by atoms with Crippen LogP contribution in [0, 0.1) is 17.8 Å². The molecule has 1 aromatic carbocycles. The number of rotatable bonds is 7. The van der Waals surface area contributed by atoms with Gasteiger partial charge in [0.05, 0.1) is 24.0 Å². The summed E-state index contributed by atoms with van der Waals surface area (Å²) >= 11 is 0. The van der Waals surface area contributed by atoms with Gasteiger partial charge in [-0.05, 0) is 55.2 Å². The van der Waals surface area contributed by atoms with Crippen LogP contribution in [0.4, 0.5) is 5.69 Å². The first-order valence-electron chi connectivity index (χ1n) is 14.8. The highest BCUT2D eigenvalue weighted by atomic mass is 16.5. The Morgan fingerprint density at radius 1 is 1.08 bits per heavy atom. The number of carbonyl (C=O) groups is 3. The monoisotopic (exact) mass is 535 g/mol. The fourth-order valence-corrected chi connectivity index (χ4v) is 7.44. The van der Waals surface area contributed by atoms with Gasteiger partial charge in [-0.1, -0.05) is 57.9 Å². The van der Waals surface area contributed by atoms with Crippen molar-refractivity contribution in [1.29, 1.82) is 0 Å². The van der Waals surface area contributed by atoms with Crippen LogP contribution in [-0.2, 0) is 23.9 Å². The Morgan fingerprint density at radius 2 is 1.85 bits per heavy atom. The van der Waals surface area contributed by atoms with Crippen LogP contribution in [0.3, 0.4) is 0 Å². The predicted octanol–water partition coefficient (Wildman–Crippen LogP) is 3.77. The zero-order valence-electron chi connectivity index (χ0n) is 23.2. The molecule has 3 saturated heterocycles. The maximum absolute atomic E-state index is 14.1. The summed E-state index contributed by atoms with van der Waals surface area (Å²) in [6.45, 7) is 7.43. The number of ether oxygens (including phenoxy) is 2. The van der Waals surface area contributed by atoms with Gasteiger partial charge in [0.25, 0.3) is 0 Å². The van der Waals surface area contributed by atoms with Crippen LogP contribution >= 0.6 is 0 Å². The van der Waals surface area contributed by atoms with E-state index in [0.717, 1.165) is 32.1 Å². The van der Waals surface area contributed by atoms with Gasteiger partial charge in [0.15, 0.2) is 0 Å². The molecule has 210 valence electrons. The van der Waals surface area contributed by atoms with Crippen LogP contribution in [0.15, 0.2) is 36.4 Å². The van der Waals surface area contributed by atoms with E-state index < -0.39 is 29.6 Å². The Labute approximate surface area is 230 Å². The first-order chi connectivity index (χ1) is 18.8. The molecule has 4 fully saturated rings. The molecule has 8 atom stereocenters. The number of nitrogens with zero attached hydrogens (tertiary/aromatic N) is 1. The number of hydrogen-bond donors (Lipinski definition) is 2. The van der Waals surface area contributed by atoms with Gasteiger partial charge in [-0.15, -0.1) is 0 Å². The van der Waals surface area contributed by atoms with E-state index >= 15 is 0 Å². The molecule has 8 heteroatoms. The van der Waals surface area contributed by atoms with E-state index in [2.05, 4.69) is 31.4 Å². The predicted molar refractivity (Wildman–Crippen MR) is 147 cm³/mol. The number of fused-ring (bicyclic) bond motifs is 1. The van der Waals surface area contributed by atoms with Crippen LogP contribution in [0.1, 0.15) is 70.8 Å². The molecule has 8 unspecified atom stereocenters. The van der Waals surface area contributed by atoms with E-state index in [9.17, 15) is 14.4 Å². The lowest BCUT2D eigenvalue weighted by Crippen LogP contribution is -2.58. The number of hydrogen-bond acceptors (Lipinski definition) is 5. The van der Waals surface area contributed by atoms with Crippen molar-refractivity contribution in [3.05, 3.63) is 42.0 Å². The highest BCUT2D eigenvalue weighted by Crippen LogP contribution is 2.55. The summed E-state index contributed by atoms with van der Waals surface area (Å²) in [4.78, 5) is 43.5. The van der Waals surface area contributed by atoms with Gasteiger partial charge < -0.3 is 25.0 Å². The Balaban J connectivity index is 1.27. The highest BCUT2D eigenvalue weighted by Gasteiger charge is 2.73. The molecular formula is C31H41N3O5. The fraction of sp³-hybridized carbons (Fsp3) is 0.645. The minimum absolute atomic E-state index is 0.0804. The molecule has 5 aliphatic rings. The second-order valence-corrected chi connectivity index (χ2v) is 12.5. The Bertz CT molecular complexity index is 1140. The molecule has 1 aliphatic carbocycles. The second-order valence-electron chi connectivity index (χ2n) is 12.5. The first-order valence-corrected chi connectivity index (χ1v) is 14.8. The summed E-state index contributed by atoms with van der Waals surface area (Å²) in [5.41, 5.74) is 0.730. The van der Waals surface area contributed by atoms with E-state index in [-0.39, 0.29) is 29.9 Å². The first kappa shape index (κ1) is 26.5. The molecule has 4 heterocycles. The topological polar surface area (TPSA) is 97.0 Å². The van der Waals surface area contributed by atoms with E-state index in [1.165, 1.54) is 12.0 Å². The number of amides is 3. The van der Waals surface area contributed by atoms with Crippen LogP contribution in [0.2, 0.25) is 0 Å². The standard InChI is InChI=1S/C31H41N3O5/c1-18(2)20-10-12-21(13-11-20)32-28(35)25-24-14-15-31(39-24)26(25)30(37)34(17-22-8-6-16-38-22)27(31)29(36)33-23-9-5-4-7-19(23)3/h10-15,18-19,22-27H,4-9,16-17H2,1-3H3,(H,32,35)(H,33,36). The summed E-state index contributed by atoms with van der Waals surface area (Å²) in [5.74, 6) is -1.29. The number of carbonyl (C=O) groups excluding carboxylic acids is 3. The molecule has 4 aliphatic heterocycles. The summed E-state index contributed by atoms with van der Waals surface area (Å²) in [6, 6.07) is 7.07. The van der Waals surface area contributed by atoms with Gasteiger partial charge in [0.1, 0.15) is 11.6 Å². The Kier molecular flexibility index (Phi) is 7.04. The third-order valence-corrected chi connectivity index (χ3v) is 9.63. The lowest BCUT2D eigenvalue weighted by atomic mass is 9.74. The van der Waals surface area contributed by atoms with Crippen molar-refractivity contribution in [2.75, 3.05) is 18.5 Å². The third kappa shape index (κ3) is 4.59. The molecule has 8 nitrogen and oxygen atoms in total. The SMILES string of the molecule is CC(C)c1ccc(NC(=O)C2C3C=CC4(O3)C2C(=O)N(CC2CCCO2)C4C(=O)NC2CCCCC2C)cc1. The number of benzene rings is 1. The van der Waals surface area contributed by atoms with Gasteiger partial charge in [-0.25, -0.2) is 0 Å². The van der Waals surface area contributed by atoms with Crippen molar-refractivity contribution in [2.45, 2.75) is 95.1 Å². The van der Waals surface area contributed by atoms with Crippen molar-refractivity contribution in [3.63, 3.8) is 0 Å². The second kappa shape index (κ2) is 10.4. The van der Waals surface area contributed by atoms with E-state index in [1.54, 1.807) is 4.90 Å². The van der Waals surface area contributed by atoms with Crippen molar-refractivity contribution in [3.8, 4) is 0 Å². The smallest absolute Gasteiger partial charge is 0.246 e. The van der Waals surface area contributed by atoms with Crippen LogP contribution in [-0.4, -0.2) is 65.7 Å². The van der Waals surface area contributed by atoms with Crippen LogP contribution in [0.5, 0.6) is 0 Å². The van der Waals surface area contributed by atoms with Gasteiger partial charge in [0.2, 0.25) is 17.7 Å². The average Bonchev–Trinajstić information content (AvgIpc) is 3.69. The molecule has 39 heavy (non-hydrogen) atoms. The number of nitrogens with one attached hydrogen (secondary N) is 2. The zero-order chi connectivity index (χ0) is 27.3. The normalized spacial score (nSPS) is 37.0. The summed E-state index contributed by atoms with van der Waals surface area (Å²) in [7, 11) is 0. The van der Waals surface area contributed by atoms with Crippen molar-refractivity contribution in [2.24, 2.45) is 17.8 Å². The maximum atomic E-state index is 14.1. The van der Waals surface area contributed by atoms with E-state index in [0.29, 0.717) is 30.7 Å². The Hall–Kier alpha value is -2.71. The van der Waals surface area contributed by atoms with Gasteiger partial charge in [0, 0.05) is 24.9 Å². The Morgan fingerprint density at radius 3 is 2.54 bits per heavy atom. The number of anilines is 1. The molecule has 0 aromatic heterocycles. The summed E-state index contributed by atoms with van der Waals surface area (Å²) in [5, 5.41) is 6.31. The lowest BCUT2D eigenvalue weighted by Gasteiger charge is -2.36. The van der Waals surface area contributed by atoms with Gasteiger partial charge >= 0.3 is 0 Å². The maximum Gasteiger partial charge on any atom is 0.246 e. The molecule has 1 aromatic rings. The molecule has 3 amide bonds. The minimum Gasteiger partial charge on any atom is -0.376 e. The van der Waals surface area contributed by atoms with Crippen molar-refractivity contribution >= 4 is 23.4 Å². The lowest BCUT2D eigenvalue weighted by molar-refractivity contribution is -0.143. The zero-order valence-corrected chi connectivity index (χ0v) is 23.2. The fourth-order valence-electron chi connectivity index (χ4n) is 7.44. The molecule has 0 radical (unpaired) electrons. The molecule has 1 saturated carbocycles. The minimum atomic E-state index is -1.15. The molecule has 6 rings (SSSR count). The van der Waals surface area contributed by atoms with Crippen molar-refractivity contribution in [1.82, 2.24) is 10.2 Å². The quantitative estimate of drug-likeness (QED) is 0.518. The average molecular weight is 536 g/mol. The highest BCUT2D eigenvalue weighted by molar-refractivity contribution is 6.02. The van der Waals surface area contributed by atoms with Gasteiger partial charge in [-0.2, -0.15) is 0 Å². The third-order valence-electron chi connectivity index (χ3n) is 9.63. The van der Waals surface area contributed by atoms with Gasteiger partial charge in [-0.3, -0.25) is 14.4 Å². The van der Waals surface area contributed by atoms with Crippen LogP contribution in [0.25, 0.3) is 0 Å². The van der Waals surface area contributed by atoms with E-state index in [1.807, 2.05) is 36.4 Å². The van der Waals surface area contributed by atoms with E-state index in [4.69, 9.17) is 9.47 Å². The molecule has 2 N–H and O–H groups in total. The molecule has 1 spiro atoms.